The van der Waals surface area contributed by atoms with Crippen molar-refractivity contribution >= 4 is 11.9 Å². The van der Waals surface area contributed by atoms with E-state index in [2.05, 4.69) is 6.07 Å². The molecule has 1 heterocycles. The van der Waals surface area contributed by atoms with Gasteiger partial charge in [-0.3, -0.25) is 9.59 Å². The lowest BCUT2D eigenvalue weighted by Crippen LogP contribution is -2.48. The van der Waals surface area contributed by atoms with E-state index in [1.165, 1.54) is 13.8 Å². The minimum Gasteiger partial charge on any atom is -0.453 e. The van der Waals surface area contributed by atoms with Crippen LogP contribution in [0.2, 0.25) is 0 Å². The largest absolute Gasteiger partial charge is 0.453 e. The van der Waals surface area contributed by atoms with Crippen molar-refractivity contribution < 1.29 is 33.3 Å². The standard InChI is InChI=1S/C24H25NO7/c1-17(26)30-21-22(29-14-20-11-7-4-8-12-20)24(15-25,32-23(21)31-18(2)27)16-28-13-19-9-5-3-6-10-19/h3-12,21-23H,13-14,16H2,1-2H3/t21-,22+,23?,24-/m1/s1. The number of hydrogen-bond donors (Lipinski definition) is 0. The molecule has 0 radical (unpaired) electrons. The molecule has 3 rings (SSSR count). The number of nitriles is 1. The predicted octanol–water partition coefficient (Wildman–Crippen LogP) is 2.90. The molecule has 0 N–H and O–H groups in total. The Kier molecular flexibility index (Phi) is 7.95. The molecule has 8 nitrogen and oxygen atoms in total. The van der Waals surface area contributed by atoms with Gasteiger partial charge in [0.1, 0.15) is 12.2 Å². The highest BCUT2D eigenvalue weighted by molar-refractivity contribution is 5.67. The van der Waals surface area contributed by atoms with Gasteiger partial charge in [-0.15, -0.1) is 0 Å². The maximum Gasteiger partial charge on any atom is 0.305 e. The van der Waals surface area contributed by atoms with Crippen LogP contribution in [-0.2, 0) is 46.5 Å². The Morgan fingerprint density at radius 3 is 2.03 bits per heavy atom. The van der Waals surface area contributed by atoms with Crippen molar-refractivity contribution in [2.75, 3.05) is 6.61 Å². The molecule has 1 aliphatic heterocycles. The molecule has 32 heavy (non-hydrogen) atoms. The smallest absolute Gasteiger partial charge is 0.305 e. The minimum atomic E-state index is -1.66. The zero-order valence-electron chi connectivity index (χ0n) is 17.9. The number of hydrogen-bond acceptors (Lipinski definition) is 8. The monoisotopic (exact) mass is 439 g/mol. The molecule has 0 amide bonds. The Morgan fingerprint density at radius 1 is 0.938 bits per heavy atom. The first kappa shape index (κ1) is 23.4. The Hall–Kier alpha value is -3.25. The molecule has 0 bridgehead atoms. The van der Waals surface area contributed by atoms with E-state index < -0.39 is 36.0 Å². The molecule has 2 aromatic carbocycles. The summed E-state index contributed by atoms with van der Waals surface area (Å²) in [6.45, 7) is 2.59. The van der Waals surface area contributed by atoms with Crippen LogP contribution in [0, 0.1) is 11.3 Å². The van der Waals surface area contributed by atoms with Gasteiger partial charge >= 0.3 is 11.9 Å². The van der Waals surface area contributed by atoms with Crippen molar-refractivity contribution in [3.8, 4) is 6.07 Å². The third-order valence-electron chi connectivity index (χ3n) is 4.83. The van der Waals surface area contributed by atoms with Crippen molar-refractivity contribution in [2.24, 2.45) is 0 Å². The number of ether oxygens (including phenoxy) is 5. The maximum atomic E-state index is 11.8. The third kappa shape index (κ3) is 5.92. The number of carbonyl (C=O) groups is 2. The fourth-order valence-electron chi connectivity index (χ4n) is 3.44. The SMILES string of the molecule is CC(=O)OC1O[C@](C#N)(COCc2ccccc2)[C@@H](OCc2ccccc2)[C@H]1OC(C)=O. The van der Waals surface area contributed by atoms with Gasteiger partial charge in [-0.25, -0.2) is 0 Å². The average molecular weight is 439 g/mol. The summed E-state index contributed by atoms with van der Waals surface area (Å²) in [6, 6.07) is 20.8. The van der Waals surface area contributed by atoms with Crippen LogP contribution in [0.15, 0.2) is 60.7 Å². The highest BCUT2D eigenvalue weighted by Crippen LogP contribution is 2.37. The lowest BCUT2D eigenvalue weighted by molar-refractivity contribution is -0.203. The highest BCUT2D eigenvalue weighted by atomic mass is 16.8. The fourth-order valence-corrected chi connectivity index (χ4v) is 3.44. The molecule has 168 valence electrons. The Morgan fingerprint density at radius 2 is 1.50 bits per heavy atom. The maximum absolute atomic E-state index is 11.8. The topological polar surface area (TPSA) is 104 Å². The van der Waals surface area contributed by atoms with E-state index in [1.807, 2.05) is 60.7 Å². The molecule has 1 aliphatic rings. The third-order valence-corrected chi connectivity index (χ3v) is 4.83. The highest BCUT2D eigenvalue weighted by Gasteiger charge is 2.60. The molecule has 4 atom stereocenters. The summed E-state index contributed by atoms with van der Waals surface area (Å²) < 4.78 is 28.2. The molecule has 8 heteroatoms. The van der Waals surface area contributed by atoms with E-state index in [4.69, 9.17) is 23.7 Å². The van der Waals surface area contributed by atoms with Crippen LogP contribution in [-0.4, -0.2) is 42.6 Å². The number of carbonyl (C=O) groups excluding carboxylic acids is 2. The summed E-state index contributed by atoms with van der Waals surface area (Å²) in [5.41, 5.74) is 0.0968. The lowest BCUT2D eigenvalue weighted by Gasteiger charge is -2.28. The molecule has 0 aliphatic carbocycles. The molecule has 0 spiro atoms. The van der Waals surface area contributed by atoms with E-state index in [1.54, 1.807) is 0 Å². The molecular weight excluding hydrogens is 414 g/mol. The van der Waals surface area contributed by atoms with E-state index in [0.717, 1.165) is 11.1 Å². The van der Waals surface area contributed by atoms with Crippen molar-refractivity contribution in [1.82, 2.24) is 0 Å². The van der Waals surface area contributed by atoms with Gasteiger partial charge in [0.05, 0.1) is 19.8 Å². The average Bonchev–Trinajstić information content (AvgIpc) is 3.05. The molecule has 0 saturated carbocycles. The summed E-state index contributed by atoms with van der Waals surface area (Å²) >= 11 is 0. The van der Waals surface area contributed by atoms with Crippen molar-refractivity contribution in [3.05, 3.63) is 71.8 Å². The summed E-state index contributed by atoms with van der Waals surface area (Å²) in [4.78, 5) is 23.4. The Bertz CT molecular complexity index is 944. The number of benzene rings is 2. The first-order valence-electron chi connectivity index (χ1n) is 10.1. The van der Waals surface area contributed by atoms with E-state index >= 15 is 0 Å². The number of nitrogens with zero attached hydrogens (tertiary/aromatic N) is 1. The van der Waals surface area contributed by atoms with E-state index in [0.29, 0.717) is 0 Å². The molecule has 1 saturated heterocycles. The van der Waals surface area contributed by atoms with Crippen LogP contribution >= 0.6 is 0 Å². The van der Waals surface area contributed by atoms with Crippen LogP contribution in [0.4, 0.5) is 0 Å². The zero-order valence-corrected chi connectivity index (χ0v) is 17.9. The second-order valence-electron chi connectivity index (χ2n) is 7.37. The van der Waals surface area contributed by atoms with Gasteiger partial charge in [-0.05, 0) is 11.1 Å². The lowest BCUT2D eigenvalue weighted by atomic mass is 9.97. The predicted molar refractivity (Wildman–Crippen MR) is 112 cm³/mol. The van der Waals surface area contributed by atoms with Gasteiger partial charge in [0.25, 0.3) is 0 Å². The second kappa shape index (κ2) is 10.9. The van der Waals surface area contributed by atoms with Gasteiger partial charge in [0, 0.05) is 13.8 Å². The van der Waals surface area contributed by atoms with Crippen LogP contribution in [0.1, 0.15) is 25.0 Å². The first-order chi connectivity index (χ1) is 15.4. The molecule has 1 unspecified atom stereocenters. The summed E-state index contributed by atoms with van der Waals surface area (Å²) in [5.74, 6) is -1.27. The van der Waals surface area contributed by atoms with Gasteiger partial charge < -0.3 is 23.7 Å². The van der Waals surface area contributed by atoms with Crippen LogP contribution in [0.25, 0.3) is 0 Å². The Balaban J connectivity index is 1.84. The summed E-state index contributed by atoms with van der Waals surface area (Å²) in [6.07, 6.45) is -3.51. The van der Waals surface area contributed by atoms with Crippen LogP contribution in [0.3, 0.4) is 0 Å². The van der Waals surface area contributed by atoms with Gasteiger partial charge in [-0.2, -0.15) is 5.26 Å². The number of esters is 2. The van der Waals surface area contributed by atoms with E-state index in [-0.39, 0.29) is 19.8 Å². The van der Waals surface area contributed by atoms with Crippen molar-refractivity contribution in [3.63, 3.8) is 0 Å². The zero-order chi connectivity index (χ0) is 23.0. The normalized spacial score (nSPS) is 24.5. The van der Waals surface area contributed by atoms with Gasteiger partial charge in [-0.1, -0.05) is 60.7 Å². The van der Waals surface area contributed by atoms with E-state index in [9.17, 15) is 14.9 Å². The quantitative estimate of drug-likeness (QED) is 0.550. The molecule has 1 fully saturated rings. The summed E-state index contributed by atoms with van der Waals surface area (Å²) in [5, 5.41) is 10.1. The minimum absolute atomic E-state index is 0.127. The van der Waals surface area contributed by atoms with Gasteiger partial charge in [0.2, 0.25) is 11.9 Å². The van der Waals surface area contributed by atoms with Crippen LogP contribution in [0.5, 0.6) is 0 Å². The van der Waals surface area contributed by atoms with Gasteiger partial charge in [0.15, 0.2) is 6.10 Å². The summed E-state index contributed by atoms with van der Waals surface area (Å²) in [7, 11) is 0. The molecule has 0 aromatic heterocycles. The Labute approximate surface area is 186 Å². The number of rotatable bonds is 9. The van der Waals surface area contributed by atoms with Crippen molar-refractivity contribution in [2.45, 2.75) is 51.2 Å². The fraction of sp³-hybridized carbons (Fsp3) is 0.375. The van der Waals surface area contributed by atoms with Crippen LogP contribution < -0.4 is 0 Å². The molecular formula is C24H25NO7. The second-order valence-corrected chi connectivity index (χ2v) is 7.37. The first-order valence-corrected chi connectivity index (χ1v) is 10.1. The molecule has 2 aromatic rings. The van der Waals surface area contributed by atoms with Crippen molar-refractivity contribution in [1.29, 1.82) is 5.26 Å².